The highest BCUT2D eigenvalue weighted by molar-refractivity contribution is 6.00. The van der Waals surface area contributed by atoms with Gasteiger partial charge >= 0.3 is 0 Å². The molecule has 27 heavy (non-hydrogen) atoms. The Morgan fingerprint density at radius 1 is 1.33 bits per heavy atom. The Labute approximate surface area is 163 Å². The van der Waals surface area contributed by atoms with Gasteiger partial charge in [0.05, 0.1) is 0 Å². The van der Waals surface area contributed by atoms with E-state index >= 15 is 0 Å². The topological polar surface area (TPSA) is 64.7 Å². The van der Waals surface area contributed by atoms with Crippen molar-refractivity contribution in [2.24, 2.45) is 22.2 Å². The number of fused-ring (bicyclic) bond motifs is 3. The largest absolute Gasteiger partial charge is 0.396 e. The zero-order chi connectivity index (χ0) is 19.7. The summed E-state index contributed by atoms with van der Waals surface area (Å²) in [5.74, 6) is 0.967. The Morgan fingerprint density at radius 3 is 2.81 bits per heavy atom. The van der Waals surface area contributed by atoms with E-state index in [1.54, 1.807) is 0 Å². The van der Waals surface area contributed by atoms with Gasteiger partial charge in [0.2, 0.25) is 0 Å². The number of carbonyl (C=O) groups excluding carboxylic acids is 1. The highest BCUT2D eigenvalue weighted by Crippen LogP contribution is 2.56. The average Bonchev–Trinajstić information content (AvgIpc) is 2.63. The number of hydrogen-bond donors (Lipinski definition) is 1. The van der Waals surface area contributed by atoms with Crippen LogP contribution in [-0.2, 0) is 10.3 Å². The molecule has 0 amide bonds. The van der Waals surface area contributed by atoms with Gasteiger partial charge in [-0.05, 0) is 60.3 Å². The molecule has 0 unspecified atom stereocenters. The number of rotatable bonds is 6. The summed E-state index contributed by atoms with van der Waals surface area (Å²) in [4.78, 5) is 18.5. The molecule has 1 saturated carbocycles. The molecule has 1 fully saturated rings. The normalized spacial score (nSPS) is 30.4. The summed E-state index contributed by atoms with van der Waals surface area (Å²) in [6, 6.07) is 6.56. The Balaban J connectivity index is 1.93. The fourth-order valence-corrected chi connectivity index (χ4v) is 5.15. The number of Topliss-reactive ketones (excluding diaryl/α,β-unsaturated/α-hetero) is 1. The second-order valence-corrected chi connectivity index (χ2v) is 9.13. The molecule has 148 valence electrons. The van der Waals surface area contributed by atoms with Gasteiger partial charge in [0.25, 0.3) is 0 Å². The van der Waals surface area contributed by atoms with Gasteiger partial charge in [0, 0.05) is 23.6 Å². The van der Waals surface area contributed by atoms with Crippen LogP contribution in [0.3, 0.4) is 0 Å². The van der Waals surface area contributed by atoms with Gasteiger partial charge in [0.15, 0.2) is 5.78 Å². The molecule has 0 radical (unpaired) electrons. The van der Waals surface area contributed by atoms with Crippen molar-refractivity contribution < 1.29 is 9.63 Å². The van der Waals surface area contributed by atoms with Crippen LogP contribution in [0.25, 0.3) is 0 Å². The maximum absolute atomic E-state index is 13.1. The van der Waals surface area contributed by atoms with Gasteiger partial charge in [-0.1, -0.05) is 51.4 Å². The van der Waals surface area contributed by atoms with Crippen molar-refractivity contribution in [3.8, 4) is 0 Å². The van der Waals surface area contributed by atoms with Crippen LogP contribution in [0, 0.1) is 11.3 Å². The molecule has 0 aromatic heterocycles. The summed E-state index contributed by atoms with van der Waals surface area (Å²) >= 11 is 0. The minimum atomic E-state index is -0.125. The summed E-state index contributed by atoms with van der Waals surface area (Å²) < 4.78 is 0. The van der Waals surface area contributed by atoms with Crippen molar-refractivity contribution in [1.29, 1.82) is 0 Å². The van der Waals surface area contributed by atoms with E-state index in [2.05, 4.69) is 51.0 Å². The van der Waals surface area contributed by atoms with E-state index in [1.807, 2.05) is 6.21 Å². The SMILES string of the molecule is CC(C)c1ccc2c(c1)C(=O)C[C@H]1[C@](C)(/C=N/OCCCN)CCC[C@]21C. The van der Waals surface area contributed by atoms with Gasteiger partial charge in [-0.25, -0.2) is 0 Å². The number of carbonyl (C=O) groups is 1. The van der Waals surface area contributed by atoms with Crippen molar-refractivity contribution in [1.82, 2.24) is 0 Å². The number of hydrogen-bond acceptors (Lipinski definition) is 4. The molecule has 2 aliphatic carbocycles. The standard InChI is InChI=1S/C23H34N2O2/c1-16(2)17-7-8-19-18(13-17)20(26)14-21-22(3,9-5-10-23(19,21)4)15-25-27-12-6-11-24/h7-8,13,15-16,21H,5-6,9-12,14,24H2,1-4H3/b25-15+/t21-,22-,23+/m0/s1. The first-order valence-electron chi connectivity index (χ1n) is 10.4. The van der Waals surface area contributed by atoms with Crippen molar-refractivity contribution >= 4 is 12.0 Å². The molecular weight excluding hydrogens is 336 g/mol. The molecule has 2 aliphatic rings. The number of benzene rings is 1. The third kappa shape index (κ3) is 3.69. The molecular formula is C23H34N2O2. The predicted octanol–water partition coefficient (Wildman–Crippen LogP) is 4.81. The van der Waals surface area contributed by atoms with Crippen LogP contribution < -0.4 is 5.73 Å². The second-order valence-electron chi connectivity index (χ2n) is 9.13. The predicted molar refractivity (Wildman–Crippen MR) is 110 cm³/mol. The lowest BCUT2D eigenvalue weighted by atomic mass is 9.50. The number of oxime groups is 1. The van der Waals surface area contributed by atoms with Gasteiger partial charge in [-0.15, -0.1) is 0 Å². The van der Waals surface area contributed by atoms with Gasteiger partial charge in [-0.3, -0.25) is 4.79 Å². The molecule has 0 saturated heterocycles. The molecule has 0 aliphatic heterocycles. The summed E-state index contributed by atoms with van der Waals surface area (Å²) in [5, 5.41) is 4.25. The number of ketones is 1. The van der Waals surface area contributed by atoms with Crippen LogP contribution in [0.2, 0.25) is 0 Å². The van der Waals surface area contributed by atoms with Crippen molar-refractivity contribution in [2.45, 2.75) is 71.1 Å². The van der Waals surface area contributed by atoms with Crippen LogP contribution in [0.1, 0.15) is 87.2 Å². The minimum Gasteiger partial charge on any atom is -0.396 e. The van der Waals surface area contributed by atoms with Crippen LogP contribution >= 0.6 is 0 Å². The lowest BCUT2D eigenvalue weighted by Crippen LogP contribution is -2.51. The van der Waals surface area contributed by atoms with Crippen LogP contribution in [-0.4, -0.2) is 25.1 Å². The van der Waals surface area contributed by atoms with Crippen LogP contribution in [0.15, 0.2) is 23.4 Å². The lowest BCUT2D eigenvalue weighted by molar-refractivity contribution is 0.0592. The first-order chi connectivity index (χ1) is 12.8. The summed E-state index contributed by atoms with van der Waals surface area (Å²) in [6.45, 7) is 10.1. The third-order valence-corrected chi connectivity index (χ3v) is 6.85. The third-order valence-electron chi connectivity index (χ3n) is 6.85. The van der Waals surface area contributed by atoms with E-state index in [0.29, 0.717) is 25.5 Å². The Kier molecular flexibility index (Phi) is 5.76. The van der Waals surface area contributed by atoms with E-state index in [4.69, 9.17) is 10.6 Å². The van der Waals surface area contributed by atoms with Crippen molar-refractivity contribution in [3.05, 3.63) is 34.9 Å². The molecule has 0 heterocycles. The van der Waals surface area contributed by atoms with Crippen LogP contribution in [0.5, 0.6) is 0 Å². The Hall–Kier alpha value is -1.68. The maximum atomic E-state index is 13.1. The van der Waals surface area contributed by atoms with E-state index in [9.17, 15) is 4.79 Å². The zero-order valence-electron chi connectivity index (χ0n) is 17.3. The average molecular weight is 371 g/mol. The first kappa shape index (κ1) is 20.1. The Morgan fingerprint density at radius 2 is 2.11 bits per heavy atom. The molecule has 4 heteroatoms. The van der Waals surface area contributed by atoms with E-state index in [-0.39, 0.29) is 22.5 Å². The zero-order valence-corrected chi connectivity index (χ0v) is 17.3. The molecule has 1 aromatic carbocycles. The molecule has 0 bridgehead atoms. The van der Waals surface area contributed by atoms with E-state index < -0.39 is 0 Å². The Bertz CT molecular complexity index is 727. The molecule has 2 N–H and O–H groups in total. The minimum absolute atomic E-state index is 0.00896. The summed E-state index contributed by atoms with van der Waals surface area (Å²) in [5.41, 5.74) is 8.81. The molecule has 3 atom stereocenters. The fourth-order valence-electron chi connectivity index (χ4n) is 5.15. The highest BCUT2D eigenvalue weighted by Gasteiger charge is 2.53. The lowest BCUT2D eigenvalue weighted by Gasteiger charge is -2.53. The van der Waals surface area contributed by atoms with Gasteiger partial charge in [-0.2, -0.15) is 0 Å². The van der Waals surface area contributed by atoms with Gasteiger partial charge < -0.3 is 10.6 Å². The van der Waals surface area contributed by atoms with Gasteiger partial charge in [0.1, 0.15) is 6.61 Å². The summed E-state index contributed by atoms with van der Waals surface area (Å²) in [6.07, 6.45) is 6.67. The van der Waals surface area contributed by atoms with E-state index in [0.717, 1.165) is 31.2 Å². The molecule has 0 spiro atoms. The van der Waals surface area contributed by atoms with Crippen LogP contribution in [0.4, 0.5) is 0 Å². The second kappa shape index (κ2) is 7.75. The molecule has 3 rings (SSSR count). The molecule has 1 aromatic rings. The first-order valence-corrected chi connectivity index (χ1v) is 10.4. The quantitative estimate of drug-likeness (QED) is 0.444. The maximum Gasteiger partial charge on any atom is 0.163 e. The fraction of sp³-hybridized carbons (Fsp3) is 0.652. The smallest absolute Gasteiger partial charge is 0.163 e. The van der Waals surface area contributed by atoms with Crippen molar-refractivity contribution in [3.63, 3.8) is 0 Å². The number of nitrogens with two attached hydrogens (primary N) is 1. The van der Waals surface area contributed by atoms with Crippen molar-refractivity contribution in [2.75, 3.05) is 13.2 Å². The number of nitrogens with zero attached hydrogens (tertiary/aromatic N) is 1. The molecule has 4 nitrogen and oxygen atoms in total. The monoisotopic (exact) mass is 370 g/mol. The van der Waals surface area contributed by atoms with E-state index in [1.165, 1.54) is 11.1 Å². The summed E-state index contributed by atoms with van der Waals surface area (Å²) in [7, 11) is 0. The highest BCUT2D eigenvalue weighted by atomic mass is 16.6.